The van der Waals surface area contributed by atoms with Gasteiger partial charge in [0.05, 0.1) is 12.8 Å². The number of anilines is 1. The van der Waals surface area contributed by atoms with Gasteiger partial charge in [-0.05, 0) is 37.1 Å². The molecule has 110 valence electrons. The summed E-state index contributed by atoms with van der Waals surface area (Å²) >= 11 is 0. The molecule has 0 aliphatic carbocycles. The van der Waals surface area contributed by atoms with E-state index in [1.165, 1.54) is 11.4 Å². The first kappa shape index (κ1) is 13.9. The van der Waals surface area contributed by atoms with E-state index >= 15 is 0 Å². The first-order valence-corrected chi connectivity index (χ1v) is 8.25. The summed E-state index contributed by atoms with van der Waals surface area (Å²) in [6.45, 7) is 1.92. The molecule has 1 aliphatic rings. The highest BCUT2D eigenvalue weighted by Crippen LogP contribution is 2.38. The Kier molecular flexibility index (Phi) is 3.37. The summed E-state index contributed by atoms with van der Waals surface area (Å²) in [5.74, 6) is 0.370. The maximum absolute atomic E-state index is 13.0. The number of methoxy groups -OCH3 is 1. The van der Waals surface area contributed by atoms with Crippen molar-refractivity contribution in [2.45, 2.75) is 24.3 Å². The number of hydrogen-bond donors (Lipinski definition) is 0. The van der Waals surface area contributed by atoms with E-state index in [-0.39, 0.29) is 10.9 Å². The molecule has 0 fully saturated rings. The zero-order valence-corrected chi connectivity index (χ0v) is 12.8. The van der Waals surface area contributed by atoms with Crippen molar-refractivity contribution in [1.82, 2.24) is 0 Å². The minimum atomic E-state index is -3.64. The summed E-state index contributed by atoms with van der Waals surface area (Å²) in [6, 6.07) is 14.3. The van der Waals surface area contributed by atoms with Crippen molar-refractivity contribution in [3.8, 4) is 5.75 Å². The average Bonchev–Trinajstić information content (AvgIpc) is 2.83. The number of para-hydroxylation sites is 2. The number of nitrogens with zero attached hydrogens (tertiary/aromatic N) is 1. The molecule has 0 bridgehead atoms. The first-order chi connectivity index (χ1) is 10.1. The Labute approximate surface area is 125 Å². The lowest BCUT2D eigenvalue weighted by atomic mass is 10.1. The number of sulfonamides is 1. The molecule has 4 nitrogen and oxygen atoms in total. The third kappa shape index (κ3) is 2.17. The molecule has 1 atom stereocenters. The fourth-order valence-electron chi connectivity index (χ4n) is 2.84. The summed E-state index contributed by atoms with van der Waals surface area (Å²) in [5, 5.41) is 0. The number of ether oxygens (including phenoxy) is 1. The van der Waals surface area contributed by atoms with Crippen LogP contribution in [0, 0.1) is 0 Å². The van der Waals surface area contributed by atoms with Crippen LogP contribution in [0.5, 0.6) is 5.75 Å². The summed E-state index contributed by atoms with van der Waals surface area (Å²) < 4.78 is 32.8. The number of rotatable bonds is 3. The van der Waals surface area contributed by atoms with E-state index in [9.17, 15) is 8.42 Å². The van der Waals surface area contributed by atoms with Gasteiger partial charge in [-0.25, -0.2) is 8.42 Å². The Morgan fingerprint density at radius 1 is 1.10 bits per heavy atom. The van der Waals surface area contributed by atoms with Gasteiger partial charge in [-0.15, -0.1) is 0 Å². The van der Waals surface area contributed by atoms with Crippen LogP contribution in [0.4, 0.5) is 5.69 Å². The molecule has 0 spiro atoms. The number of benzene rings is 2. The third-order valence-corrected chi connectivity index (χ3v) is 5.72. The normalized spacial score (nSPS) is 17.6. The second-order valence-corrected chi connectivity index (χ2v) is 6.92. The van der Waals surface area contributed by atoms with Gasteiger partial charge in [0.2, 0.25) is 0 Å². The van der Waals surface area contributed by atoms with Crippen molar-refractivity contribution in [1.29, 1.82) is 0 Å². The minimum absolute atomic E-state index is 0.0997. The fraction of sp³-hybridized carbons (Fsp3) is 0.250. The highest BCUT2D eigenvalue weighted by molar-refractivity contribution is 7.93. The molecule has 0 amide bonds. The molecule has 5 heteroatoms. The van der Waals surface area contributed by atoms with Gasteiger partial charge in [0.1, 0.15) is 10.6 Å². The van der Waals surface area contributed by atoms with Crippen molar-refractivity contribution in [3.05, 3.63) is 54.1 Å². The van der Waals surface area contributed by atoms with Gasteiger partial charge in [-0.2, -0.15) is 0 Å². The predicted molar refractivity (Wildman–Crippen MR) is 82.3 cm³/mol. The van der Waals surface area contributed by atoms with Gasteiger partial charge in [0, 0.05) is 6.04 Å². The molecule has 3 rings (SSSR count). The van der Waals surface area contributed by atoms with Crippen molar-refractivity contribution >= 4 is 15.7 Å². The number of fused-ring (bicyclic) bond motifs is 1. The van der Waals surface area contributed by atoms with E-state index in [2.05, 4.69) is 0 Å². The van der Waals surface area contributed by atoms with Crippen molar-refractivity contribution < 1.29 is 13.2 Å². The maximum atomic E-state index is 13.0. The molecule has 1 unspecified atom stereocenters. The van der Waals surface area contributed by atoms with E-state index in [4.69, 9.17) is 4.74 Å². The van der Waals surface area contributed by atoms with Crippen molar-refractivity contribution in [3.63, 3.8) is 0 Å². The van der Waals surface area contributed by atoms with Gasteiger partial charge < -0.3 is 4.74 Å². The van der Waals surface area contributed by atoms with Crippen LogP contribution in [-0.4, -0.2) is 21.6 Å². The Morgan fingerprint density at radius 3 is 2.52 bits per heavy atom. The standard InChI is InChI=1S/C16H17NO3S/c1-12-11-13-7-3-4-8-14(13)17(12)21(18,19)16-10-6-5-9-15(16)20-2/h3-10,12H,11H2,1-2H3. The van der Waals surface area contributed by atoms with Crippen LogP contribution >= 0.6 is 0 Å². The smallest absolute Gasteiger partial charge is 0.268 e. The van der Waals surface area contributed by atoms with E-state index in [0.29, 0.717) is 5.75 Å². The lowest BCUT2D eigenvalue weighted by Gasteiger charge is -2.25. The van der Waals surface area contributed by atoms with E-state index in [1.54, 1.807) is 24.3 Å². The molecule has 0 radical (unpaired) electrons. The summed E-state index contributed by atoms with van der Waals surface area (Å²) in [5.41, 5.74) is 1.82. The molecule has 0 aromatic heterocycles. The van der Waals surface area contributed by atoms with Crippen LogP contribution in [-0.2, 0) is 16.4 Å². The van der Waals surface area contributed by atoms with Gasteiger partial charge in [-0.3, -0.25) is 4.31 Å². The molecule has 1 heterocycles. The highest BCUT2D eigenvalue weighted by atomic mass is 32.2. The Morgan fingerprint density at radius 2 is 1.76 bits per heavy atom. The van der Waals surface area contributed by atoms with Gasteiger partial charge in [0.25, 0.3) is 10.0 Å². The largest absolute Gasteiger partial charge is 0.495 e. The van der Waals surface area contributed by atoms with Crippen LogP contribution < -0.4 is 9.04 Å². The maximum Gasteiger partial charge on any atom is 0.268 e. The predicted octanol–water partition coefficient (Wildman–Crippen LogP) is 2.84. The molecular formula is C16H17NO3S. The minimum Gasteiger partial charge on any atom is -0.495 e. The van der Waals surface area contributed by atoms with Gasteiger partial charge in [0.15, 0.2) is 0 Å². The summed E-state index contributed by atoms with van der Waals surface area (Å²) in [6.07, 6.45) is 0.727. The Hall–Kier alpha value is -2.01. The van der Waals surface area contributed by atoms with Crippen molar-refractivity contribution in [2.75, 3.05) is 11.4 Å². The summed E-state index contributed by atoms with van der Waals surface area (Å²) in [7, 11) is -2.15. The van der Waals surface area contributed by atoms with E-state index in [0.717, 1.165) is 17.7 Å². The van der Waals surface area contributed by atoms with Crippen LogP contribution in [0.2, 0.25) is 0 Å². The highest BCUT2D eigenvalue weighted by Gasteiger charge is 2.37. The van der Waals surface area contributed by atoms with Crippen molar-refractivity contribution in [2.24, 2.45) is 0 Å². The van der Waals surface area contributed by atoms with Crippen LogP contribution in [0.3, 0.4) is 0 Å². The van der Waals surface area contributed by atoms with Crippen LogP contribution in [0.1, 0.15) is 12.5 Å². The van der Waals surface area contributed by atoms with E-state index in [1.807, 2.05) is 31.2 Å². The zero-order valence-electron chi connectivity index (χ0n) is 12.0. The van der Waals surface area contributed by atoms with Gasteiger partial charge in [-0.1, -0.05) is 30.3 Å². The zero-order chi connectivity index (χ0) is 15.0. The molecule has 0 saturated carbocycles. The Bertz CT molecular complexity index is 771. The molecule has 21 heavy (non-hydrogen) atoms. The Balaban J connectivity index is 2.15. The molecule has 2 aromatic rings. The molecule has 2 aromatic carbocycles. The second kappa shape index (κ2) is 5.07. The van der Waals surface area contributed by atoms with E-state index < -0.39 is 10.0 Å². The SMILES string of the molecule is COc1ccccc1S(=O)(=O)N1c2ccccc2CC1C. The third-order valence-electron chi connectivity index (χ3n) is 3.75. The lowest BCUT2D eigenvalue weighted by molar-refractivity contribution is 0.402. The summed E-state index contributed by atoms with van der Waals surface area (Å²) in [4.78, 5) is 0.205. The quantitative estimate of drug-likeness (QED) is 0.876. The number of hydrogen-bond acceptors (Lipinski definition) is 3. The molecule has 1 aliphatic heterocycles. The van der Waals surface area contributed by atoms with Gasteiger partial charge >= 0.3 is 0 Å². The topological polar surface area (TPSA) is 46.6 Å². The lowest BCUT2D eigenvalue weighted by Crippen LogP contribution is -2.35. The van der Waals surface area contributed by atoms with Crippen LogP contribution in [0.15, 0.2) is 53.4 Å². The molecule has 0 saturated heterocycles. The van der Waals surface area contributed by atoms with Crippen LogP contribution in [0.25, 0.3) is 0 Å². The fourth-order valence-corrected chi connectivity index (χ4v) is 4.69. The monoisotopic (exact) mass is 303 g/mol. The second-order valence-electron chi connectivity index (χ2n) is 5.13. The molecular weight excluding hydrogens is 286 g/mol. The molecule has 0 N–H and O–H groups in total. The average molecular weight is 303 g/mol. The first-order valence-electron chi connectivity index (χ1n) is 6.81.